The van der Waals surface area contributed by atoms with Crippen molar-refractivity contribution < 1.29 is 34.5 Å². The van der Waals surface area contributed by atoms with Gasteiger partial charge in [-0.05, 0) is 12.8 Å². The highest BCUT2D eigenvalue weighted by molar-refractivity contribution is 5.91. The lowest BCUT2D eigenvalue weighted by atomic mass is 9.77. The molecule has 0 aliphatic heterocycles. The molecule has 0 aliphatic rings. The summed E-state index contributed by atoms with van der Waals surface area (Å²) in [7, 11) is 0. The number of unbranched alkanes of at least 4 members (excludes halogenated alkanes) is 1. The largest absolute Gasteiger partial charge is 0.481 e. The molecule has 0 fully saturated rings. The van der Waals surface area contributed by atoms with Crippen molar-refractivity contribution in [1.82, 2.24) is 5.32 Å². The zero-order valence-electron chi connectivity index (χ0n) is 11.7. The zero-order chi connectivity index (χ0) is 16.6. The summed E-state index contributed by atoms with van der Waals surface area (Å²) in [6.45, 7) is 1.79. The second-order valence-electron chi connectivity index (χ2n) is 4.69. The molecule has 0 aromatic heterocycles. The highest BCUT2D eigenvalue weighted by Gasteiger charge is 2.50. The smallest absolute Gasteiger partial charge is 0.330 e. The third-order valence-corrected chi connectivity index (χ3v) is 3.20. The minimum Gasteiger partial charge on any atom is -0.481 e. The molecule has 2 unspecified atom stereocenters. The van der Waals surface area contributed by atoms with Crippen molar-refractivity contribution >= 4 is 23.9 Å². The fourth-order valence-corrected chi connectivity index (χ4v) is 2.15. The number of carboxylic acids is 3. The minimum atomic E-state index is -2.24. The number of primary amides is 1. The van der Waals surface area contributed by atoms with Crippen LogP contribution in [0, 0.1) is 5.92 Å². The van der Waals surface area contributed by atoms with Crippen molar-refractivity contribution in [2.45, 2.75) is 44.6 Å². The summed E-state index contributed by atoms with van der Waals surface area (Å²) in [5.41, 5.74) is 2.69. The fourth-order valence-electron chi connectivity index (χ4n) is 2.15. The van der Waals surface area contributed by atoms with Crippen LogP contribution in [0.4, 0.5) is 4.79 Å². The highest BCUT2D eigenvalue weighted by Crippen LogP contribution is 2.29. The van der Waals surface area contributed by atoms with Gasteiger partial charge in [0.05, 0.1) is 5.92 Å². The molecule has 0 rings (SSSR count). The van der Waals surface area contributed by atoms with Crippen LogP contribution in [0.2, 0.25) is 0 Å². The molecular formula is C12H20N2O7. The number of carbonyl (C=O) groups excluding carboxylic acids is 1. The number of nitrogens with one attached hydrogen (secondary N) is 1. The van der Waals surface area contributed by atoms with Crippen molar-refractivity contribution in [3.8, 4) is 0 Å². The molecule has 120 valence electrons. The summed E-state index contributed by atoms with van der Waals surface area (Å²) in [5.74, 6) is -5.82. The van der Waals surface area contributed by atoms with E-state index in [1.807, 2.05) is 5.32 Å². The second-order valence-corrected chi connectivity index (χ2v) is 4.69. The number of aliphatic carboxylic acids is 3. The third-order valence-electron chi connectivity index (χ3n) is 3.20. The van der Waals surface area contributed by atoms with Gasteiger partial charge in [0, 0.05) is 6.42 Å². The van der Waals surface area contributed by atoms with E-state index in [2.05, 4.69) is 0 Å². The maximum Gasteiger partial charge on any atom is 0.330 e. The molecule has 0 saturated carbocycles. The summed E-state index contributed by atoms with van der Waals surface area (Å²) in [4.78, 5) is 44.7. The van der Waals surface area contributed by atoms with E-state index in [1.54, 1.807) is 6.92 Å². The van der Waals surface area contributed by atoms with Gasteiger partial charge in [0.15, 0.2) is 5.54 Å². The normalized spacial score (nSPS) is 14.7. The van der Waals surface area contributed by atoms with Crippen LogP contribution < -0.4 is 11.1 Å². The monoisotopic (exact) mass is 304 g/mol. The van der Waals surface area contributed by atoms with Crippen molar-refractivity contribution in [3.05, 3.63) is 0 Å². The first-order valence-corrected chi connectivity index (χ1v) is 6.43. The third kappa shape index (κ3) is 5.28. The molecule has 9 heteroatoms. The summed E-state index contributed by atoms with van der Waals surface area (Å²) >= 11 is 0. The van der Waals surface area contributed by atoms with Gasteiger partial charge in [-0.2, -0.15) is 0 Å². The molecular weight excluding hydrogens is 284 g/mol. The van der Waals surface area contributed by atoms with E-state index in [4.69, 9.17) is 10.8 Å². The summed E-state index contributed by atoms with van der Waals surface area (Å²) in [6, 6.07) is -1.22. The van der Waals surface area contributed by atoms with Crippen LogP contribution in [-0.4, -0.2) is 44.8 Å². The Hall–Kier alpha value is -2.32. The predicted molar refractivity (Wildman–Crippen MR) is 70.6 cm³/mol. The summed E-state index contributed by atoms with van der Waals surface area (Å²) < 4.78 is 0. The molecule has 0 spiro atoms. The van der Waals surface area contributed by atoms with Crippen molar-refractivity contribution in [3.63, 3.8) is 0 Å². The highest BCUT2D eigenvalue weighted by atomic mass is 16.4. The Morgan fingerprint density at radius 1 is 1.19 bits per heavy atom. The first kappa shape index (κ1) is 18.7. The van der Waals surface area contributed by atoms with Gasteiger partial charge >= 0.3 is 23.9 Å². The van der Waals surface area contributed by atoms with Gasteiger partial charge in [0.25, 0.3) is 0 Å². The Morgan fingerprint density at radius 3 is 2.10 bits per heavy atom. The lowest BCUT2D eigenvalue weighted by molar-refractivity contribution is -0.158. The van der Waals surface area contributed by atoms with Crippen LogP contribution in [0.3, 0.4) is 0 Å². The van der Waals surface area contributed by atoms with Crippen LogP contribution in [0.5, 0.6) is 0 Å². The number of urea groups is 1. The average Bonchev–Trinajstić information content (AvgIpc) is 2.34. The van der Waals surface area contributed by atoms with Gasteiger partial charge in [-0.25, -0.2) is 9.59 Å². The molecule has 21 heavy (non-hydrogen) atoms. The Labute approximate surface area is 121 Å². The number of rotatable bonds is 10. The minimum absolute atomic E-state index is 0.0158. The van der Waals surface area contributed by atoms with Crippen molar-refractivity contribution in [2.75, 3.05) is 0 Å². The van der Waals surface area contributed by atoms with E-state index < -0.39 is 48.2 Å². The number of amides is 2. The Bertz CT molecular complexity index is 424. The Morgan fingerprint density at radius 2 is 1.76 bits per heavy atom. The van der Waals surface area contributed by atoms with E-state index in [0.29, 0.717) is 12.8 Å². The fraction of sp³-hybridized carbons (Fsp3) is 0.667. The van der Waals surface area contributed by atoms with Crippen molar-refractivity contribution in [2.24, 2.45) is 11.7 Å². The topological polar surface area (TPSA) is 167 Å². The van der Waals surface area contributed by atoms with Crippen LogP contribution >= 0.6 is 0 Å². The number of nitrogens with two attached hydrogens (primary N) is 1. The molecule has 0 aromatic rings. The van der Waals surface area contributed by atoms with Gasteiger partial charge in [-0.1, -0.05) is 19.8 Å². The lowest BCUT2D eigenvalue weighted by Gasteiger charge is -2.34. The molecule has 2 amide bonds. The van der Waals surface area contributed by atoms with Gasteiger partial charge in [-0.3, -0.25) is 9.59 Å². The molecule has 9 nitrogen and oxygen atoms in total. The predicted octanol–water partition coefficient (Wildman–Crippen LogP) is 0.234. The summed E-state index contributed by atoms with van der Waals surface area (Å²) in [5, 5.41) is 29.3. The SMILES string of the molecule is CCCCC(C(=O)O)C(CCC(=O)O)(NC(N)=O)C(=O)O. The zero-order valence-corrected chi connectivity index (χ0v) is 11.7. The first-order chi connectivity index (χ1) is 9.67. The molecule has 6 N–H and O–H groups in total. The van der Waals surface area contributed by atoms with Crippen LogP contribution in [0.15, 0.2) is 0 Å². The summed E-state index contributed by atoms with van der Waals surface area (Å²) in [6.07, 6.45) is -0.156. The first-order valence-electron chi connectivity index (χ1n) is 6.43. The number of hydrogen-bond donors (Lipinski definition) is 5. The quantitative estimate of drug-likeness (QED) is 0.385. The number of carbonyl (C=O) groups is 4. The molecule has 0 aromatic carbocycles. The van der Waals surface area contributed by atoms with E-state index in [-0.39, 0.29) is 6.42 Å². The molecule has 0 radical (unpaired) electrons. The molecule has 0 saturated heterocycles. The van der Waals surface area contributed by atoms with Gasteiger partial charge in [0.2, 0.25) is 0 Å². The van der Waals surface area contributed by atoms with E-state index in [0.717, 1.165) is 0 Å². The van der Waals surface area contributed by atoms with Gasteiger partial charge in [0.1, 0.15) is 0 Å². The maximum absolute atomic E-state index is 11.6. The molecule has 0 heterocycles. The number of hydrogen-bond acceptors (Lipinski definition) is 4. The second kappa shape index (κ2) is 8.08. The Balaban J connectivity index is 5.65. The molecule has 0 bridgehead atoms. The molecule has 2 atom stereocenters. The van der Waals surface area contributed by atoms with Crippen molar-refractivity contribution in [1.29, 1.82) is 0 Å². The molecule has 0 aliphatic carbocycles. The van der Waals surface area contributed by atoms with Crippen LogP contribution in [0.1, 0.15) is 39.0 Å². The Kier molecular flexibility index (Phi) is 7.18. The maximum atomic E-state index is 11.6. The van der Waals surface area contributed by atoms with Crippen LogP contribution in [0.25, 0.3) is 0 Å². The van der Waals surface area contributed by atoms with E-state index in [9.17, 15) is 29.4 Å². The van der Waals surface area contributed by atoms with Gasteiger partial charge < -0.3 is 26.4 Å². The van der Waals surface area contributed by atoms with E-state index >= 15 is 0 Å². The average molecular weight is 304 g/mol. The van der Waals surface area contributed by atoms with Crippen LogP contribution in [-0.2, 0) is 14.4 Å². The van der Waals surface area contributed by atoms with Gasteiger partial charge in [-0.15, -0.1) is 0 Å². The number of carboxylic acid groups (broad SMARTS) is 3. The standard InChI is InChI=1S/C12H20N2O7/c1-2-3-4-7(9(17)18)12(10(19)20,14-11(13)21)6-5-8(15)16/h7H,2-6H2,1H3,(H,15,16)(H,17,18)(H,19,20)(H3,13,14,21). The lowest BCUT2D eigenvalue weighted by Crippen LogP contribution is -2.62. The van der Waals surface area contributed by atoms with E-state index in [1.165, 1.54) is 0 Å².